The van der Waals surface area contributed by atoms with E-state index in [9.17, 15) is 5.21 Å². The Morgan fingerprint density at radius 2 is 1.33 bits per heavy atom. The molecule has 0 spiro atoms. The minimum absolute atomic E-state index is 0.166. The van der Waals surface area contributed by atoms with Crippen LogP contribution in [0.1, 0.15) is 35.2 Å². The number of hydrogen-bond acceptors (Lipinski definition) is 2. The number of benzene rings is 3. The summed E-state index contributed by atoms with van der Waals surface area (Å²) in [5.41, 5.74) is 4.72. The van der Waals surface area contributed by atoms with Crippen molar-refractivity contribution in [1.82, 2.24) is 0 Å². The molecule has 3 atom stereocenters. The van der Waals surface area contributed by atoms with Gasteiger partial charge in [-0.05, 0) is 12.0 Å². The highest BCUT2D eigenvalue weighted by Crippen LogP contribution is 2.32. The highest BCUT2D eigenvalue weighted by molar-refractivity contribution is 5.88. The molecule has 0 bridgehead atoms. The zero-order chi connectivity index (χ0) is 18.5. The monoisotopic (exact) mass is 357 g/mol. The lowest BCUT2D eigenvalue weighted by Gasteiger charge is -2.35. The number of piperidine rings is 1. The summed E-state index contributed by atoms with van der Waals surface area (Å²) in [7, 11) is 0. The predicted molar refractivity (Wildman–Crippen MR) is 108 cm³/mol. The van der Waals surface area contributed by atoms with Crippen LogP contribution in [0, 0.1) is 5.92 Å². The Morgan fingerprint density at radius 1 is 0.778 bits per heavy atom. The number of rotatable bonds is 4. The van der Waals surface area contributed by atoms with Crippen molar-refractivity contribution in [3.05, 3.63) is 108 Å². The van der Waals surface area contributed by atoms with Crippen LogP contribution in [0.15, 0.2) is 96.2 Å². The molecule has 0 radical (unpaired) electrons. The Labute approximate surface area is 160 Å². The van der Waals surface area contributed by atoms with Crippen LogP contribution in [-0.2, 0) is 6.42 Å². The molecule has 1 saturated heterocycles. The van der Waals surface area contributed by atoms with Gasteiger partial charge in [-0.3, -0.25) is 0 Å². The van der Waals surface area contributed by atoms with Crippen LogP contribution in [0.3, 0.4) is 0 Å². The summed E-state index contributed by atoms with van der Waals surface area (Å²) < 4.78 is 0. The van der Waals surface area contributed by atoms with Gasteiger partial charge in [-0.2, -0.15) is 0 Å². The van der Waals surface area contributed by atoms with Gasteiger partial charge in [0.25, 0.3) is 0 Å². The largest absolute Gasteiger partial charge is 0.411 e. The van der Waals surface area contributed by atoms with Gasteiger partial charge in [0.05, 0.1) is 11.6 Å². The van der Waals surface area contributed by atoms with E-state index >= 15 is 0 Å². The summed E-state index contributed by atoms with van der Waals surface area (Å²) in [6.07, 6.45) is 1.64. The molecule has 0 unspecified atom stereocenters. The summed E-state index contributed by atoms with van der Waals surface area (Å²) in [6.45, 7) is 0. The second kappa shape index (κ2) is 8.19. The summed E-state index contributed by atoms with van der Waals surface area (Å²) in [5, 5.41) is 16.1. The standard InChI is InChI=1S/C24H24N2O/c27-26-23-17-22(19-12-6-2-7-13-19)25-24(20-14-8-3-9-15-20)21(23)16-18-10-4-1-5-11-18/h1-15,21-22,24-25,27H,16-17H2/p+1/t21-,22+,24-/m1/s1. The van der Waals surface area contributed by atoms with Crippen LogP contribution in [0.5, 0.6) is 0 Å². The Morgan fingerprint density at radius 3 is 1.93 bits per heavy atom. The molecule has 136 valence electrons. The molecule has 3 nitrogen and oxygen atoms in total. The second-order valence-electron chi connectivity index (χ2n) is 7.24. The average Bonchev–Trinajstić information content (AvgIpc) is 2.76. The maximum Gasteiger partial charge on any atom is 0.121 e. The van der Waals surface area contributed by atoms with E-state index in [4.69, 9.17) is 0 Å². The molecule has 0 aliphatic carbocycles. The topological polar surface area (TPSA) is 49.2 Å². The summed E-state index contributed by atoms with van der Waals surface area (Å²) in [5.74, 6) is 0.166. The van der Waals surface area contributed by atoms with Crippen molar-refractivity contribution in [3.8, 4) is 0 Å². The normalized spacial score (nSPS) is 24.0. The molecular formula is C24H25N2O+. The smallest absolute Gasteiger partial charge is 0.121 e. The minimum Gasteiger partial charge on any atom is -0.411 e. The number of nitrogens with two attached hydrogens (primary N) is 1. The lowest BCUT2D eigenvalue weighted by Crippen LogP contribution is -2.90. The molecule has 3 heteroatoms. The van der Waals surface area contributed by atoms with E-state index in [1.807, 2.05) is 18.2 Å². The first-order valence-corrected chi connectivity index (χ1v) is 9.55. The van der Waals surface area contributed by atoms with E-state index < -0.39 is 0 Å². The second-order valence-corrected chi connectivity index (χ2v) is 7.24. The number of quaternary nitrogens is 1. The molecule has 3 aromatic rings. The van der Waals surface area contributed by atoms with E-state index in [-0.39, 0.29) is 18.0 Å². The SMILES string of the molecule is ON=C1C[C@@H](c2ccccc2)[NH2+][C@H](c2ccccc2)[C@@H]1Cc1ccccc1. The zero-order valence-electron chi connectivity index (χ0n) is 15.3. The maximum atomic E-state index is 9.84. The maximum absolute atomic E-state index is 9.84. The van der Waals surface area contributed by atoms with Gasteiger partial charge in [0.2, 0.25) is 0 Å². The Balaban J connectivity index is 1.70. The quantitative estimate of drug-likeness (QED) is 0.535. The fourth-order valence-corrected chi connectivity index (χ4v) is 4.21. The third-order valence-electron chi connectivity index (χ3n) is 5.57. The van der Waals surface area contributed by atoms with Gasteiger partial charge in [0, 0.05) is 17.5 Å². The van der Waals surface area contributed by atoms with E-state index in [2.05, 4.69) is 83.3 Å². The Hall–Kier alpha value is -2.91. The van der Waals surface area contributed by atoms with Gasteiger partial charge in [-0.15, -0.1) is 0 Å². The fourth-order valence-electron chi connectivity index (χ4n) is 4.21. The molecule has 0 aromatic heterocycles. The molecule has 4 rings (SSSR count). The first kappa shape index (κ1) is 17.5. The van der Waals surface area contributed by atoms with Gasteiger partial charge >= 0.3 is 0 Å². The molecular weight excluding hydrogens is 332 g/mol. The molecule has 0 saturated carbocycles. The van der Waals surface area contributed by atoms with E-state index in [0.29, 0.717) is 0 Å². The van der Waals surface area contributed by atoms with Crippen molar-refractivity contribution in [2.75, 3.05) is 0 Å². The van der Waals surface area contributed by atoms with Gasteiger partial charge in [0.15, 0.2) is 0 Å². The van der Waals surface area contributed by atoms with Crippen LogP contribution in [0.2, 0.25) is 0 Å². The van der Waals surface area contributed by atoms with E-state index in [1.165, 1.54) is 16.7 Å². The van der Waals surface area contributed by atoms with Gasteiger partial charge in [-0.1, -0.05) is 96.2 Å². The van der Waals surface area contributed by atoms with Crippen LogP contribution in [0.4, 0.5) is 0 Å². The predicted octanol–water partition coefficient (Wildman–Crippen LogP) is 4.13. The summed E-state index contributed by atoms with van der Waals surface area (Å²) in [6, 6.07) is 32.1. The number of nitrogens with zero attached hydrogens (tertiary/aromatic N) is 1. The number of hydrogen-bond donors (Lipinski definition) is 2. The third-order valence-corrected chi connectivity index (χ3v) is 5.57. The fraction of sp³-hybridized carbons (Fsp3) is 0.208. The zero-order valence-corrected chi connectivity index (χ0v) is 15.3. The van der Waals surface area contributed by atoms with Gasteiger partial charge in [-0.25, -0.2) is 0 Å². The van der Waals surface area contributed by atoms with E-state index in [1.54, 1.807) is 0 Å². The minimum atomic E-state index is 0.166. The van der Waals surface area contributed by atoms with Crippen LogP contribution < -0.4 is 5.32 Å². The molecule has 3 N–H and O–H groups in total. The third kappa shape index (κ3) is 3.93. The van der Waals surface area contributed by atoms with Crippen molar-refractivity contribution in [1.29, 1.82) is 0 Å². The Bertz CT molecular complexity index is 878. The van der Waals surface area contributed by atoms with Crippen molar-refractivity contribution < 1.29 is 10.5 Å². The van der Waals surface area contributed by atoms with Crippen LogP contribution >= 0.6 is 0 Å². The highest BCUT2D eigenvalue weighted by Gasteiger charge is 2.40. The van der Waals surface area contributed by atoms with Gasteiger partial charge < -0.3 is 10.5 Å². The van der Waals surface area contributed by atoms with Gasteiger partial charge in [0.1, 0.15) is 12.1 Å². The molecule has 1 fully saturated rings. The first-order valence-electron chi connectivity index (χ1n) is 9.55. The van der Waals surface area contributed by atoms with Crippen molar-refractivity contribution in [2.45, 2.75) is 24.9 Å². The molecule has 1 heterocycles. The molecule has 0 amide bonds. The van der Waals surface area contributed by atoms with Crippen LogP contribution in [0.25, 0.3) is 0 Å². The lowest BCUT2D eigenvalue weighted by atomic mass is 9.77. The van der Waals surface area contributed by atoms with Crippen molar-refractivity contribution in [3.63, 3.8) is 0 Å². The molecule has 1 aliphatic heterocycles. The number of oxime groups is 1. The first-order chi connectivity index (χ1) is 13.3. The Kier molecular flexibility index (Phi) is 5.31. The van der Waals surface area contributed by atoms with Crippen molar-refractivity contribution >= 4 is 5.71 Å². The lowest BCUT2D eigenvalue weighted by molar-refractivity contribution is -0.742. The summed E-state index contributed by atoms with van der Waals surface area (Å²) in [4.78, 5) is 0. The highest BCUT2D eigenvalue weighted by atomic mass is 16.4. The molecule has 3 aromatic carbocycles. The summed E-state index contributed by atoms with van der Waals surface area (Å²) >= 11 is 0. The average molecular weight is 357 g/mol. The molecule has 27 heavy (non-hydrogen) atoms. The van der Waals surface area contributed by atoms with Crippen LogP contribution in [-0.4, -0.2) is 10.9 Å². The van der Waals surface area contributed by atoms with E-state index in [0.717, 1.165) is 18.6 Å². The van der Waals surface area contributed by atoms with Crippen molar-refractivity contribution in [2.24, 2.45) is 11.1 Å². The molecule has 1 aliphatic rings.